The Balaban J connectivity index is 0.00000243. The van der Waals surface area contributed by atoms with E-state index >= 15 is 0 Å². The van der Waals surface area contributed by atoms with Crippen LogP contribution in [0.5, 0.6) is 5.75 Å². The van der Waals surface area contributed by atoms with Crippen LogP contribution < -0.4 is 10.1 Å². The first-order valence-electron chi connectivity index (χ1n) is 9.12. The van der Waals surface area contributed by atoms with Gasteiger partial charge in [0.25, 0.3) is 0 Å². The van der Waals surface area contributed by atoms with E-state index in [1.54, 1.807) is 6.26 Å². The molecule has 2 aromatic rings. The highest BCUT2D eigenvalue weighted by Gasteiger charge is 2.22. The first-order chi connectivity index (χ1) is 12.3. The second-order valence-corrected chi connectivity index (χ2v) is 6.18. The molecule has 0 aliphatic carbocycles. The molecule has 3 rings (SSSR count). The third-order valence-electron chi connectivity index (χ3n) is 4.32. The second kappa shape index (κ2) is 11.1. The lowest BCUT2D eigenvalue weighted by Gasteiger charge is -2.34. The summed E-state index contributed by atoms with van der Waals surface area (Å²) in [6.45, 7) is 5.64. The number of nitrogens with zero attached hydrogens (tertiary/aromatic N) is 2. The lowest BCUT2D eigenvalue weighted by Crippen LogP contribution is -2.47. The minimum absolute atomic E-state index is 0. The zero-order chi connectivity index (χ0) is 17.3. The number of likely N-dealkylation sites (tertiary alicyclic amines) is 1. The molecule has 0 bridgehead atoms. The van der Waals surface area contributed by atoms with Crippen molar-refractivity contribution in [3.8, 4) is 5.75 Å². The lowest BCUT2D eigenvalue weighted by atomic mass is 10.1. The molecule has 6 heteroatoms. The highest BCUT2D eigenvalue weighted by Crippen LogP contribution is 2.18. The maximum atomic E-state index is 6.07. The fourth-order valence-corrected chi connectivity index (χ4v) is 3.03. The van der Waals surface area contributed by atoms with Crippen molar-refractivity contribution in [2.45, 2.75) is 32.3 Å². The van der Waals surface area contributed by atoms with Gasteiger partial charge >= 0.3 is 0 Å². The SMILES string of the molecule is CCNC(=NCCc1ccco1)N1CCC(Oc2ccccc2)CC1.I. The predicted molar refractivity (Wildman–Crippen MR) is 115 cm³/mol. The largest absolute Gasteiger partial charge is 0.490 e. The fourth-order valence-electron chi connectivity index (χ4n) is 3.03. The van der Waals surface area contributed by atoms with Gasteiger partial charge in [-0.05, 0) is 31.2 Å². The number of benzene rings is 1. The van der Waals surface area contributed by atoms with E-state index in [4.69, 9.17) is 14.1 Å². The van der Waals surface area contributed by atoms with Gasteiger partial charge in [-0.15, -0.1) is 24.0 Å². The Bertz CT molecular complexity index is 638. The molecule has 0 unspecified atom stereocenters. The van der Waals surface area contributed by atoms with Crippen LogP contribution in [0, 0.1) is 0 Å². The maximum absolute atomic E-state index is 6.07. The molecule has 26 heavy (non-hydrogen) atoms. The van der Waals surface area contributed by atoms with Gasteiger partial charge in [-0.1, -0.05) is 18.2 Å². The summed E-state index contributed by atoms with van der Waals surface area (Å²) >= 11 is 0. The summed E-state index contributed by atoms with van der Waals surface area (Å²) in [7, 11) is 0. The van der Waals surface area contributed by atoms with Crippen LogP contribution >= 0.6 is 24.0 Å². The Morgan fingerprint density at radius 3 is 2.62 bits per heavy atom. The van der Waals surface area contributed by atoms with Gasteiger partial charge in [0.1, 0.15) is 17.6 Å². The Morgan fingerprint density at radius 2 is 1.96 bits per heavy atom. The topological polar surface area (TPSA) is 50.0 Å². The number of piperidine rings is 1. The lowest BCUT2D eigenvalue weighted by molar-refractivity contribution is 0.129. The molecule has 1 N–H and O–H groups in total. The Labute approximate surface area is 172 Å². The summed E-state index contributed by atoms with van der Waals surface area (Å²) in [4.78, 5) is 7.08. The molecule has 0 spiro atoms. The van der Waals surface area contributed by atoms with Gasteiger partial charge in [0, 0.05) is 45.4 Å². The van der Waals surface area contributed by atoms with Crippen LogP contribution in [0.4, 0.5) is 0 Å². The monoisotopic (exact) mass is 469 g/mol. The van der Waals surface area contributed by atoms with Crippen molar-refractivity contribution in [3.63, 3.8) is 0 Å². The quantitative estimate of drug-likeness (QED) is 0.396. The summed E-state index contributed by atoms with van der Waals surface area (Å²) < 4.78 is 11.4. The number of nitrogens with one attached hydrogen (secondary N) is 1. The predicted octanol–water partition coefficient (Wildman–Crippen LogP) is 3.95. The van der Waals surface area contributed by atoms with Crippen molar-refractivity contribution >= 4 is 29.9 Å². The molecule has 0 saturated carbocycles. The number of ether oxygens (including phenoxy) is 1. The molecule has 0 amide bonds. The highest BCUT2D eigenvalue weighted by molar-refractivity contribution is 14.0. The molecule has 0 atom stereocenters. The van der Waals surface area contributed by atoms with Crippen molar-refractivity contribution in [3.05, 3.63) is 54.5 Å². The van der Waals surface area contributed by atoms with Gasteiger partial charge in [-0.25, -0.2) is 0 Å². The molecule has 142 valence electrons. The van der Waals surface area contributed by atoms with Gasteiger partial charge < -0.3 is 19.4 Å². The average molecular weight is 469 g/mol. The molecule has 1 saturated heterocycles. The van der Waals surface area contributed by atoms with E-state index in [0.29, 0.717) is 0 Å². The summed E-state index contributed by atoms with van der Waals surface area (Å²) in [5.74, 6) is 2.93. The minimum Gasteiger partial charge on any atom is -0.490 e. The van der Waals surface area contributed by atoms with Gasteiger partial charge in [0.05, 0.1) is 6.26 Å². The van der Waals surface area contributed by atoms with E-state index < -0.39 is 0 Å². The second-order valence-electron chi connectivity index (χ2n) is 6.18. The summed E-state index contributed by atoms with van der Waals surface area (Å²) in [6, 6.07) is 14.0. The number of halogens is 1. The average Bonchev–Trinajstić information content (AvgIpc) is 3.16. The Kier molecular flexibility index (Phi) is 8.80. The Hall–Kier alpha value is -1.70. The van der Waals surface area contributed by atoms with Gasteiger partial charge in [-0.2, -0.15) is 0 Å². The molecular weight excluding hydrogens is 441 g/mol. The van der Waals surface area contributed by atoms with Crippen molar-refractivity contribution < 1.29 is 9.15 Å². The van der Waals surface area contributed by atoms with Crippen LogP contribution in [-0.4, -0.2) is 43.1 Å². The third kappa shape index (κ3) is 6.23. The summed E-state index contributed by atoms with van der Waals surface area (Å²) in [5.41, 5.74) is 0. The first kappa shape index (κ1) is 20.6. The van der Waals surface area contributed by atoms with E-state index in [0.717, 1.165) is 62.9 Å². The first-order valence-corrected chi connectivity index (χ1v) is 9.12. The van der Waals surface area contributed by atoms with E-state index in [1.807, 2.05) is 42.5 Å². The molecule has 1 aromatic carbocycles. The van der Waals surface area contributed by atoms with E-state index in [2.05, 4.69) is 17.1 Å². The molecule has 1 aliphatic heterocycles. The van der Waals surface area contributed by atoms with Crippen LogP contribution in [0.1, 0.15) is 25.5 Å². The van der Waals surface area contributed by atoms with Crippen molar-refractivity contribution in [2.24, 2.45) is 4.99 Å². The number of furan rings is 1. The zero-order valence-electron chi connectivity index (χ0n) is 15.3. The van der Waals surface area contributed by atoms with E-state index in [-0.39, 0.29) is 30.1 Å². The molecule has 1 aromatic heterocycles. The van der Waals surface area contributed by atoms with Crippen molar-refractivity contribution in [1.29, 1.82) is 0 Å². The van der Waals surface area contributed by atoms with Gasteiger partial charge in [0.15, 0.2) is 5.96 Å². The number of aliphatic imine (C=N–C) groups is 1. The van der Waals surface area contributed by atoms with Crippen LogP contribution in [0.15, 0.2) is 58.1 Å². The molecule has 1 aliphatic rings. The number of guanidine groups is 1. The van der Waals surface area contributed by atoms with Crippen LogP contribution in [-0.2, 0) is 6.42 Å². The maximum Gasteiger partial charge on any atom is 0.193 e. The van der Waals surface area contributed by atoms with Crippen molar-refractivity contribution in [2.75, 3.05) is 26.2 Å². The number of para-hydroxylation sites is 1. The van der Waals surface area contributed by atoms with E-state index in [1.165, 1.54) is 0 Å². The number of hydrogen-bond acceptors (Lipinski definition) is 3. The standard InChI is InChI=1S/C20H27N3O2.HI/c1-2-21-20(22-13-10-17-9-6-16-24-17)23-14-11-19(12-15-23)25-18-7-4-3-5-8-18;/h3-9,16,19H,2,10-15H2,1H3,(H,21,22);1H. The molecule has 0 radical (unpaired) electrons. The molecule has 2 heterocycles. The summed E-state index contributed by atoms with van der Waals surface area (Å²) in [6.07, 6.45) is 4.84. The molecule has 5 nitrogen and oxygen atoms in total. The van der Waals surface area contributed by atoms with Crippen LogP contribution in [0.3, 0.4) is 0 Å². The summed E-state index contributed by atoms with van der Waals surface area (Å²) in [5, 5.41) is 3.40. The zero-order valence-corrected chi connectivity index (χ0v) is 17.6. The Morgan fingerprint density at radius 1 is 1.19 bits per heavy atom. The van der Waals surface area contributed by atoms with Crippen molar-refractivity contribution in [1.82, 2.24) is 10.2 Å². The smallest absolute Gasteiger partial charge is 0.193 e. The normalized spacial score (nSPS) is 15.4. The number of hydrogen-bond donors (Lipinski definition) is 1. The van der Waals surface area contributed by atoms with Crippen LogP contribution in [0.2, 0.25) is 0 Å². The third-order valence-corrected chi connectivity index (χ3v) is 4.32. The highest BCUT2D eigenvalue weighted by atomic mass is 127. The number of rotatable bonds is 6. The van der Waals surface area contributed by atoms with E-state index in [9.17, 15) is 0 Å². The fraction of sp³-hybridized carbons (Fsp3) is 0.450. The van der Waals surface area contributed by atoms with Crippen LogP contribution in [0.25, 0.3) is 0 Å². The van der Waals surface area contributed by atoms with Gasteiger partial charge in [-0.3, -0.25) is 4.99 Å². The molecule has 1 fully saturated rings. The molecular formula is C20H28IN3O2. The minimum atomic E-state index is 0. The van der Waals surface area contributed by atoms with Gasteiger partial charge in [0.2, 0.25) is 0 Å².